The average molecular weight is 363 g/mol. The van der Waals surface area contributed by atoms with Crippen LogP contribution in [0.25, 0.3) is 0 Å². The number of hydrogen-bond donors (Lipinski definition) is 2. The number of carbonyl (C=O) groups is 2. The summed E-state index contributed by atoms with van der Waals surface area (Å²) in [7, 11) is 0. The van der Waals surface area contributed by atoms with Crippen molar-refractivity contribution in [1.29, 1.82) is 0 Å². The van der Waals surface area contributed by atoms with Gasteiger partial charge in [0, 0.05) is 6.54 Å². The third kappa shape index (κ3) is 5.38. The lowest BCUT2D eigenvalue weighted by molar-refractivity contribution is -0.148. The van der Waals surface area contributed by atoms with Crippen LogP contribution in [-0.2, 0) is 16.1 Å². The predicted octanol–water partition coefficient (Wildman–Crippen LogP) is 3.38. The summed E-state index contributed by atoms with van der Waals surface area (Å²) in [6.45, 7) is 5.44. The van der Waals surface area contributed by atoms with Crippen molar-refractivity contribution in [2.24, 2.45) is 11.8 Å². The number of ether oxygens (including phenoxy) is 2. The van der Waals surface area contributed by atoms with Crippen LogP contribution in [-0.4, -0.2) is 30.2 Å². The van der Waals surface area contributed by atoms with Gasteiger partial charge in [-0.25, -0.2) is 0 Å². The second kappa shape index (κ2) is 10.0. The molecule has 1 aromatic rings. The molecule has 0 saturated heterocycles. The molecule has 0 spiro atoms. The number of carboxylic acids is 1. The van der Waals surface area contributed by atoms with Gasteiger partial charge >= 0.3 is 5.97 Å². The molecule has 1 fully saturated rings. The van der Waals surface area contributed by atoms with Crippen LogP contribution in [0.1, 0.15) is 51.5 Å². The normalized spacial score (nSPS) is 19.6. The van der Waals surface area contributed by atoms with E-state index in [-0.39, 0.29) is 5.91 Å². The third-order valence-electron chi connectivity index (χ3n) is 4.66. The fourth-order valence-corrected chi connectivity index (χ4v) is 3.32. The standard InChI is InChI=1S/C20H29NO5/c1-3-11-26-17-10-9-14(12-18(17)25-4-2)13-21-19(22)15-7-5-6-8-16(15)20(23)24/h9-10,12,15-16H,3-8,11,13H2,1-2H3,(H,21,22)(H,23,24). The maximum Gasteiger partial charge on any atom is 0.307 e. The molecule has 6 heteroatoms. The van der Waals surface area contributed by atoms with E-state index in [9.17, 15) is 14.7 Å². The number of rotatable bonds is 9. The van der Waals surface area contributed by atoms with Gasteiger partial charge in [0.25, 0.3) is 0 Å². The lowest BCUT2D eigenvalue weighted by Gasteiger charge is -2.27. The van der Waals surface area contributed by atoms with Crippen molar-refractivity contribution in [3.05, 3.63) is 23.8 Å². The Kier molecular flexibility index (Phi) is 7.75. The first kappa shape index (κ1) is 20.1. The molecule has 2 rings (SSSR count). The summed E-state index contributed by atoms with van der Waals surface area (Å²) in [6.07, 6.45) is 3.90. The highest BCUT2D eigenvalue weighted by molar-refractivity contribution is 5.84. The predicted molar refractivity (Wildman–Crippen MR) is 98.3 cm³/mol. The van der Waals surface area contributed by atoms with Gasteiger partial charge in [-0.05, 0) is 43.9 Å². The number of carboxylic acid groups (broad SMARTS) is 1. The molecule has 1 aliphatic carbocycles. The summed E-state index contributed by atoms with van der Waals surface area (Å²) in [6, 6.07) is 5.61. The summed E-state index contributed by atoms with van der Waals surface area (Å²) in [4.78, 5) is 23.8. The molecule has 2 atom stereocenters. The first-order valence-corrected chi connectivity index (χ1v) is 9.45. The Morgan fingerprint density at radius 1 is 1.12 bits per heavy atom. The Bertz CT molecular complexity index is 616. The molecule has 6 nitrogen and oxygen atoms in total. The van der Waals surface area contributed by atoms with E-state index in [2.05, 4.69) is 5.32 Å². The van der Waals surface area contributed by atoms with Crippen molar-refractivity contribution < 1.29 is 24.2 Å². The minimum atomic E-state index is -0.874. The quantitative estimate of drug-likeness (QED) is 0.702. The third-order valence-corrected chi connectivity index (χ3v) is 4.66. The van der Waals surface area contributed by atoms with Gasteiger partial charge in [0.15, 0.2) is 11.5 Å². The highest BCUT2D eigenvalue weighted by Gasteiger charge is 2.35. The van der Waals surface area contributed by atoms with E-state index < -0.39 is 17.8 Å². The molecule has 26 heavy (non-hydrogen) atoms. The summed E-state index contributed by atoms with van der Waals surface area (Å²) in [5.74, 6) is -0.717. The molecular weight excluding hydrogens is 334 g/mol. The lowest BCUT2D eigenvalue weighted by atomic mass is 9.78. The van der Waals surface area contributed by atoms with E-state index >= 15 is 0 Å². The van der Waals surface area contributed by atoms with Gasteiger partial charge in [0.1, 0.15) is 0 Å². The van der Waals surface area contributed by atoms with Crippen LogP contribution in [0, 0.1) is 11.8 Å². The summed E-state index contributed by atoms with van der Waals surface area (Å²) in [5, 5.41) is 12.2. The zero-order valence-electron chi connectivity index (χ0n) is 15.6. The molecule has 1 saturated carbocycles. The topological polar surface area (TPSA) is 84.9 Å². The molecular formula is C20H29NO5. The fourth-order valence-electron chi connectivity index (χ4n) is 3.32. The van der Waals surface area contributed by atoms with Crippen molar-refractivity contribution in [2.45, 2.75) is 52.5 Å². The smallest absolute Gasteiger partial charge is 0.307 e. The Balaban J connectivity index is 2.00. The van der Waals surface area contributed by atoms with Crippen LogP contribution in [0.5, 0.6) is 11.5 Å². The molecule has 2 N–H and O–H groups in total. The van der Waals surface area contributed by atoms with Crippen molar-refractivity contribution >= 4 is 11.9 Å². The highest BCUT2D eigenvalue weighted by atomic mass is 16.5. The average Bonchev–Trinajstić information content (AvgIpc) is 2.65. The Labute approximate surface area is 154 Å². The van der Waals surface area contributed by atoms with Gasteiger partial charge in [-0.2, -0.15) is 0 Å². The van der Waals surface area contributed by atoms with E-state index in [4.69, 9.17) is 9.47 Å². The Morgan fingerprint density at radius 2 is 1.85 bits per heavy atom. The van der Waals surface area contributed by atoms with E-state index in [1.807, 2.05) is 32.0 Å². The Hall–Kier alpha value is -2.24. The molecule has 144 valence electrons. The number of hydrogen-bond acceptors (Lipinski definition) is 4. The van der Waals surface area contributed by atoms with Crippen LogP contribution < -0.4 is 14.8 Å². The number of carbonyl (C=O) groups excluding carboxylic acids is 1. The zero-order chi connectivity index (χ0) is 18.9. The van der Waals surface area contributed by atoms with E-state index in [1.165, 1.54) is 0 Å². The zero-order valence-corrected chi connectivity index (χ0v) is 15.6. The lowest BCUT2D eigenvalue weighted by Crippen LogP contribution is -2.39. The summed E-state index contributed by atoms with van der Waals surface area (Å²) in [5.41, 5.74) is 0.897. The summed E-state index contributed by atoms with van der Waals surface area (Å²) >= 11 is 0. The first-order valence-electron chi connectivity index (χ1n) is 9.45. The maximum absolute atomic E-state index is 12.5. The number of nitrogens with one attached hydrogen (secondary N) is 1. The van der Waals surface area contributed by atoms with Gasteiger partial charge in [0.2, 0.25) is 5.91 Å². The largest absolute Gasteiger partial charge is 0.490 e. The minimum absolute atomic E-state index is 0.179. The van der Waals surface area contributed by atoms with Crippen molar-refractivity contribution in [3.63, 3.8) is 0 Å². The van der Waals surface area contributed by atoms with Gasteiger partial charge < -0.3 is 19.9 Å². The second-order valence-electron chi connectivity index (χ2n) is 6.62. The highest BCUT2D eigenvalue weighted by Crippen LogP contribution is 2.31. The maximum atomic E-state index is 12.5. The van der Waals surface area contributed by atoms with Gasteiger partial charge in [-0.15, -0.1) is 0 Å². The van der Waals surface area contributed by atoms with Gasteiger partial charge in [0.05, 0.1) is 25.0 Å². The molecule has 1 aromatic carbocycles. The molecule has 1 amide bonds. The van der Waals surface area contributed by atoms with E-state index in [1.54, 1.807) is 0 Å². The minimum Gasteiger partial charge on any atom is -0.490 e. The number of aliphatic carboxylic acids is 1. The van der Waals surface area contributed by atoms with Crippen molar-refractivity contribution in [3.8, 4) is 11.5 Å². The molecule has 0 aliphatic heterocycles. The van der Waals surface area contributed by atoms with Crippen molar-refractivity contribution in [1.82, 2.24) is 5.32 Å². The van der Waals surface area contributed by atoms with E-state index in [0.717, 1.165) is 24.8 Å². The number of amides is 1. The molecule has 0 aromatic heterocycles. The van der Waals surface area contributed by atoms with Crippen LogP contribution in [0.2, 0.25) is 0 Å². The SMILES string of the molecule is CCCOc1ccc(CNC(=O)C2CCCCC2C(=O)O)cc1OCC. The van der Waals surface area contributed by atoms with Crippen molar-refractivity contribution in [2.75, 3.05) is 13.2 Å². The van der Waals surface area contributed by atoms with Crippen LogP contribution in [0.15, 0.2) is 18.2 Å². The first-order chi connectivity index (χ1) is 12.6. The van der Waals surface area contributed by atoms with Crippen LogP contribution in [0.4, 0.5) is 0 Å². The monoisotopic (exact) mass is 363 g/mol. The summed E-state index contributed by atoms with van der Waals surface area (Å²) < 4.78 is 11.3. The molecule has 0 radical (unpaired) electrons. The molecule has 0 heterocycles. The van der Waals surface area contributed by atoms with Crippen LogP contribution >= 0.6 is 0 Å². The van der Waals surface area contributed by atoms with Crippen LogP contribution in [0.3, 0.4) is 0 Å². The molecule has 1 aliphatic rings. The fraction of sp³-hybridized carbons (Fsp3) is 0.600. The van der Waals surface area contributed by atoms with E-state index in [0.29, 0.717) is 44.1 Å². The number of benzene rings is 1. The van der Waals surface area contributed by atoms with Gasteiger partial charge in [-0.3, -0.25) is 9.59 Å². The Morgan fingerprint density at radius 3 is 2.50 bits per heavy atom. The molecule has 0 bridgehead atoms. The molecule has 2 unspecified atom stereocenters. The van der Waals surface area contributed by atoms with Gasteiger partial charge in [-0.1, -0.05) is 25.8 Å². The second-order valence-corrected chi connectivity index (χ2v) is 6.62.